The summed E-state index contributed by atoms with van der Waals surface area (Å²) in [5, 5.41) is 7.87. The third-order valence-corrected chi connectivity index (χ3v) is 6.54. The van der Waals surface area contributed by atoms with Crippen LogP contribution in [0, 0.1) is 12.7 Å². The quantitative estimate of drug-likeness (QED) is 0.334. The molecule has 0 saturated carbocycles. The predicted molar refractivity (Wildman–Crippen MR) is 137 cm³/mol. The average molecular weight is 478 g/mol. The normalized spacial score (nSPS) is 14.6. The number of hydrogen-bond donors (Lipinski definition) is 1. The van der Waals surface area contributed by atoms with E-state index in [1.54, 1.807) is 11.0 Å². The topological polar surface area (TPSA) is 55.1 Å². The summed E-state index contributed by atoms with van der Waals surface area (Å²) < 4.78 is 18.4. The first-order valence-electron chi connectivity index (χ1n) is 11.8. The maximum Gasteiger partial charge on any atom is 0.322 e. The molecule has 0 unspecified atom stereocenters. The molecule has 0 spiro atoms. The number of nitrogens with one attached hydrogen (secondary N) is 1. The molecular formula is C29H24FN5O. The van der Waals surface area contributed by atoms with Crippen LogP contribution in [0.4, 0.5) is 14.9 Å². The lowest BCUT2D eigenvalue weighted by molar-refractivity contribution is 0.194. The summed E-state index contributed by atoms with van der Waals surface area (Å²) in [5.74, 6) is 0.526. The minimum Gasteiger partial charge on any atom is -0.308 e. The van der Waals surface area contributed by atoms with Crippen LogP contribution < -0.4 is 5.32 Å². The van der Waals surface area contributed by atoms with E-state index in [0.29, 0.717) is 17.8 Å². The van der Waals surface area contributed by atoms with Crippen LogP contribution in [0.2, 0.25) is 0 Å². The number of nitrogens with zero attached hydrogens (tertiary/aromatic N) is 4. The van der Waals surface area contributed by atoms with Gasteiger partial charge in [0.15, 0.2) is 0 Å². The van der Waals surface area contributed by atoms with Crippen LogP contribution in [0.3, 0.4) is 0 Å². The number of carbonyl (C=O) groups excluding carboxylic acids is 1. The van der Waals surface area contributed by atoms with E-state index in [4.69, 9.17) is 5.10 Å². The largest absolute Gasteiger partial charge is 0.322 e. The molecule has 0 radical (unpaired) electrons. The molecule has 3 heterocycles. The van der Waals surface area contributed by atoms with Crippen LogP contribution in [0.1, 0.15) is 28.6 Å². The SMILES string of the molecule is Cc1nn(-c2ccccc2)c2c1CN(C(=O)Nc1ccccc1)[C@H](c1cccc(F)c1)c1cccn1-2. The second kappa shape index (κ2) is 8.85. The van der Waals surface area contributed by atoms with Gasteiger partial charge in [0, 0.05) is 17.4 Å². The maximum atomic E-state index is 14.4. The Labute approximate surface area is 208 Å². The van der Waals surface area contributed by atoms with E-state index < -0.39 is 6.04 Å². The first kappa shape index (κ1) is 21.9. The maximum absolute atomic E-state index is 14.4. The molecule has 1 aliphatic heterocycles. The molecule has 1 N–H and O–H groups in total. The van der Waals surface area contributed by atoms with Crippen molar-refractivity contribution in [3.63, 3.8) is 0 Å². The Morgan fingerprint density at radius 2 is 1.69 bits per heavy atom. The summed E-state index contributed by atoms with van der Waals surface area (Å²) in [7, 11) is 0. The van der Waals surface area contributed by atoms with Gasteiger partial charge in [0.05, 0.1) is 29.7 Å². The molecule has 0 aliphatic carbocycles. The summed E-state index contributed by atoms with van der Waals surface area (Å²) in [6, 6.07) is 28.9. The van der Waals surface area contributed by atoms with E-state index in [-0.39, 0.29) is 11.8 Å². The first-order chi connectivity index (χ1) is 17.6. The van der Waals surface area contributed by atoms with Gasteiger partial charge < -0.3 is 14.8 Å². The number of halogens is 1. The summed E-state index contributed by atoms with van der Waals surface area (Å²) in [5.41, 5.74) is 4.91. The van der Waals surface area contributed by atoms with Crippen molar-refractivity contribution in [1.29, 1.82) is 0 Å². The van der Waals surface area contributed by atoms with Crippen molar-refractivity contribution < 1.29 is 9.18 Å². The molecule has 1 atom stereocenters. The zero-order valence-corrected chi connectivity index (χ0v) is 19.7. The Morgan fingerprint density at radius 1 is 0.944 bits per heavy atom. The second-order valence-corrected chi connectivity index (χ2v) is 8.82. The van der Waals surface area contributed by atoms with Gasteiger partial charge in [0.2, 0.25) is 0 Å². The van der Waals surface area contributed by atoms with E-state index in [9.17, 15) is 9.18 Å². The molecule has 0 fully saturated rings. The number of rotatable bonds is 3. The van der Waals surface area contributed by atoms with Gasteiger partial charge in [-0.1, -0.05) is 48.5 Å². The van der Waals surface area contributed by atoms with Crippen molar-refractivity contribution in [1.82, 2.24) is 19.2 Å². The number of aromatic nitrogens is 3. The number of urea groups is 1. The zero-order valence-electron chi connectivity index (χ0n) is 19.7. The van der Waals surface area contributed by atoms with E-state index in [1.165, 1.54) is 12.1 Å². The summed E-state index contributed by atoms with van der Waals surface area (Å²) in [6.45, 7) is 2.26. The van der Waals surface area contributed by atoms with Gasteiger partial charge in [-0.15, -0.1) is 0 Å². The summed E-state index contributed by atoms with van der Waals surface area (Å²) in [6.07, 6.45) is 1.97. The lowest BCUT2D eigenvalue weighted by atomic mass is 10.0. The first-order valence-corrected chi connectivity index (χ1v) is 11.8. The van der Waals surface area contributed by atoms with E-state index in [1.807, 2.05) is 96.7 Å². The Morgan fingerprint density at radius 3 is 2.44 bits per heavy atom. The highest BCUT2D eigenvalue weighted by Crippen LogP contribution is 2.38. The van der Waals surface area contributed by atoms with Gasteiger partial charge in [-0.25, -0.2) is 13.9 Å². The Kier molecular flexibility index (Phi) is 5.37. The van der Waals surface area contributed by atoms with Gasteiger partial charge >= 0.3 is 6.03 Å². The molecule has 7 heteroatoms. The zero-order chi connectivity index (χ0) is 24.6. The number of para-hydroxylation sites is 2. The van der Waals surface area contributed by atoms with Crippen molar-refractivity contribution in [2.45, 2.75) is 19.5 Å². The molecule has 0 bridgehead atoms. The van der Waals surface area contributed by atoms with Crippen molar-refractivity contribution >= 4 is 11.7 Å². The van der Waals surface area contributed by atoms with E-state index in [2.05, 4.69) is 9.88 Å². The molecule has 6 nitrogen and oxygen atoms in total. The van der Waals surface area contributed by atoms with E-state index >= 15 is 0 Å². The van der Waals surface area contributed by atoms with Crippen LogP contribution in [0.25, 0.3) is 11.5 Å². The van der Waals surface area contributed by atoms with Gasteiger partial charge in [-0.2, -0.15) is 5.10 Å². The second-order valence-electron chi connectivity index (χ2n) is 8.82. The highest BCUT2D eigenvalue weighted by atomic mass is 19.1. The Bertz CT molecular complexity index is 1540. The Balaban J connectivity index is 1.55. The minimum atomic E-state index is -0.518. The third kappa shape index (κ3) is 3.75. The number of carbonyl (C=O) groups is 1. The number of anilines is 1. The molecule has 5 aromatic rings. The van der Waals surface area contributed by atoms with Gasteiger partial charge in [0.25, 0.3) is 0 Å². The molecule has 1 aliphatic rings. The van der Waals surface area contributed by atoms with Crippen molar-refractivity contribution in [3.05, 3.63) is 132 Å². The van der Waals surface area contributed by atoms with Crippen molar-refractivity contribution in [2.24, 2.45) is 0 Å². The fourth-order valence-corrected chi connectivity index (χ4v) is 4.89. The minimum absolute atomic E-state index is 0.275. The number of hydrogen-bond acceptors (Lipinski definition) is 2. The van der Waals surface area contributed by atoms with Crippen LogP contribution in [-0.4, -0.2) is 25.3 Å². The smallest absolute Gasteiger partial charge is 0.308 e. The molecule has 0 saturated heterocycles. The molecule has 6 rings (SSSR count). The van der Waals surface area contributed by atoms with Gasteiger partial charge in [-0.05, 0) is 61.0 Å². The van der Waals surface area contributed by atoms with Crippen molar-refractivity contribution in [3.8, 4) is 11.5 Å². The number of benzene rings is 3. The average Bonchev–Trinajstić information content (AvgIpc) is 3.45. The fourth-order valence-electron chi connectivity index (χ4n) is 4.89. The number of amides is 2. The highest BCUT2D eigenvalue weighted by molar-refractivity contribution is 5.90. The van der Waals surface area contributed by atoms with Crippen LogP contribution >= 0.6 is 0 Å². The molecular weight excluding hydrogens is 453 g/mol. The lowest BCUT2D eigenvalue weighted by Gasteiger charge is -2.31. The monoisotopic (exact) mass is 477 g/mol. The summed E-state index contributed by atoms with van der Waals surface area (Å²) in [4.78, 5) is 15.6. The predicted octanol–water partition coefficient (Wildman–Crippen LogP) is 6.25. The highest BCUT2D eigenvalue weighted by Gasteiger charge is 2.36. The molecule has 2 amide bonds. The standard InChI is InChI=1S/C29H24FN5O/c1-20-25-19-34(29(36)31-23-12-4-2-5-13-23)27(21-10-8-11-22(30)18-21)26-16-9-17-33(26)28(25)35(32-20)24-14-6-3-7-15-24/h2-18,27H,19H2,1H3,(H,31,36)/t27-/m1/s1. The van der Waals surface area contributed by atoms with E-state index in [0.717, 1.165) is 28.5 Å². The molecule has 2 aromatic heterocycles. The van der Waals surface area contributed by atoms with Gasteiger partial charge in [0.1, 0.15) is 11.6 Å². The number of fused-ring (bicyclic) bond motifs is 3. The summed E-state index contributed by atoms with van der Waals surface area (Å²) >= 11 is 0. The lowest BCUT2D eigenvalue weighted by Crippen LogP contribution is -2.38. The number of aryl methyl sites for hydroxylation is 1. The Hall–Kier alpha value is -4.65. The van der Waals surface area contributed by atoms with Crippen molar-refractivity contribution in [2.75, 3.05) is 5.32 Å². The fraction of sp³-hybridized carbons (Fsp3) is 0.103. The van der Waals surface area contributed by atoms with Crippen LogP contribution in [0.15, 0.2) is 103 Å². The third-order valence-electron chi connectivity index (χ3n) is 6.54. The molecule has 178 valence electrons. The van der Waals surface area contributed by atoms with Crippen LogP contribution in [-0.2, 0) is 6.54 Å². The molecule has 3 aromatic carbocycles. The van der Waals surface area contributed by atoms with Crippen LogP contribution in [0.5, 0.6) is 0 Å². The van der Waals surface area contributed by atoms with Gasteiger partial charge in [-0.3, -0.25) is 0 Å². The molecule has 36 heavy (non-hydrogen) atoms.